The lowest BCUT2D eigenvalue weighted by molar-refractivity contribution is 0.479. The Hall–Kier alpha value is -0.240. The number of nitrogens with one attached hydrogen (secondary N) is 1. The molecule has 1 aliphatic rings. The molecule has 1 aliphatic carbocycles. The molecule has 0 atom stereocenters. The van der Waals surface area contributed by atoms with Gasteiger partial charge in [0.2, 0.25) is 0 Å². The predicted octanol–water partition coefficient (Wildman–Crippen LogP) is 4.71. The maximum atomic E-state index is 6.13. The zero-order chi connectivity index (χ0) is 12.8. The third-order valence-corrected chi connectivity index (χ3v) is 4.38. The maximum absolute atomic E-state index is 6.13. The normalized spacial score (nSPS) is 16.3. The van der Waals surface area contributed by atoms with Crippen LogP contribution in [0.4, 0.5) is 0 Å². The van der Waals surface area contributed by atoms with Gasteiger partial charge in [-0.3, -0.25) is 0 Å². The molecular weight excluding hydrogens is 265 g/mol. The van der Waals surface area contributed by atoms with Gasteiger partial charge in [-0.1, -0.05) is 55.0 Å². The third-order valence-electron chi connectivity index (χ3n) is 3.79. The first-order valence-corrected chi connectivity index (χ1v) is 7.66. The fourth-order valence-corrected chi connectivity index (χ4v) is 3.18. The first-order chi connectivity index (χ1) is 8.75. The summed E-state index contributed by atoms with van der Waals surface area (Å²) in [7, 11) is 0. The van der Waals surface area contributed by atoms with Crippen LogP contribution in [0.25, 0.3) is 0 Å². The highest BCUT2D eigenvalue weighted by atomic mass is 35.5. The van der Waals surface area contributed by atoms with Crippen LogP contribution in [0.5, 0.6) is 0 Å². The first kappa shape index (κ1) is 14.2. The largest absolute Gasteiger partial charge is 0.316 e. The van der Waals surface area contributed by atoms with Gasteiger partial charge >= 0.3 is 0 Å². The second kappa shape index (κ2) is 7.37. The van der Waals surface area contributed by atoms with E-state index in [2.05, 4.69) is 5.32 Å². The molecule has 0 aromatic heterocycles. The zero-order valence-corrected chi connectivity index (χ0v) is 12.2. The van der Waals surface area contributed by atoms with E-state index in [4.69, 9.17) is 23.2 Å². The van der Waals surface area contributed by atoms with E-state index in [-0.39, 0.29) is 0 Å². The number of rotatable bonds is 6. The number of halogens is 2. The Balaban J connectivity index is 1.62. The van der Waals surface area contributed by atoms with E-state index in [1.54, 1.807) is 0 Å². The summed E-state index contributed by atoms with van der Waals surface area (Å²) < 4.78 is 0. The summed E-state index contributed by atoms with van der Waals surface area (Å²) in [5.74, 6) is 0.969. The van der Waals surface area contributed by atoms with Crippen LogP contribution in [0.3, 0.4) is 0 Å². The van der Waals surface area contributed by atoms with E-state index < -0.39 is 0 Å². The van der Waals surface area contributed by atoms with Crippen molar-refractivity contribution in [3.8, 4) is 0 Å². The molecule has 0 amide bonds. The van der Waals surface area contributed by atoms with Gasteiger partial charge < -0.3 is 5.32 Å². The van der Waals surface area contributed by atoms with Crippen molar-refractivity contribution in [2.75, 3.05) is 13.1 Å². The Morgan fingerprint density at radius 2 is 1.89 bits per heavy atom. The van der Waals surface area contributed by atoms with Crippen molar-refractivity contribution in [1.29, 1.82) is 0 Å². The Morgan fingerprint density at radius 3 is 2.61 bits per heavy atom. The van der Waals surface area contributed by atoms with Crippen LogP contribution in [-0.2, 0) is 6.42 Å². The predicted molar refractivity (Wildman–Crippen MR) is 79.6 cm³/mol. The van der Waals surface area contributed by atoms with Crippen molar-refractivity contribution in [2.45, 2.75) is 38.5 Å². The van der Waals surface area contributed by atoms with Gasteiger partial charge in [-0.2, -0.15) is 0 Å². The van der Waals surface area contributed by atoms with Crippen molar-refractivity contribution in [2.24, 2.45) is 5.92 Å². The molecule has 1 aromatic rings. The maximum Gasteiger partial charge on any atom is 0.0453 e. The molecule has 18 heavy (non-hydrogen) atoms. The highest BCUT2D eigenvalue weighted by molar-refractivity contribution is 6.35. The van der Waals surface area contributed by atoms with E-state index in [1.165, 1.54) is 37.7 Å². The SMILES string of the molecule is Clc1ccc(CCNCCC2CCCC2)c(Cl)c1. The molecule has 0 heterocycles. The second-order valence-electron chi connectivity index (χ2n) is 5.17. The van der Waals surface area contributed by atoms with E-state index >= 15 is 0 Å². The third kappa shape index (κ3) is 4.46. The topological polar surface area (TPSA) is 12.0 Å². The molecular formula is C15H21Cl2N. The van der Waals surface area contributed by atoms with Gasteiger partial charge in [0.1, 0.15) is 0 Å². The Bertz CT molecular complexity index is 373. The molecule has 0 radical (unpaired) electrons. The quantitative estimate of drug-likeness (QED) is 0.747. The fourth-order valence-electron chi connectivity index (χ4n) is 2.68. The second-order valence-corrected chi connectivity index (χ2v) is 6.02. The van der Waals surface area contributed by atoms with Crippen molar-refractivity contribution in [3.05, 3.63) is 33.8 Å². The number of hydrogen-bond acceptors (Lipinski definition) is 1. The van der Waals surface area contributed by atoms with E-state index in [1.807, 2.05) is 18.2 Å². The van der Waals surface area contributed by atoms with Crippen molar-refractivity contribution < 1.29 is 0 Å². The van der Waals surface area contributed by atoms with Gasteiger partial charge in [0.05, 0.1) is 0 Å². The minimum atomic E-state index is 0.706. The summed E-state index contributed by atoms with van der Waals surface area (Å²) in [4.78, 5) is 0. The van der Waals surface area contributed by atoms with E-state index in [0.717, 1.165) is 30.5 Å². The van der Waals surface area contributed by atoms with Crippen molar-refractivity contribution >= 4 is 23.2 Å². The highest BCUT2D eigenvalue weighted by Crippen LogP contribution is 2.27. The lowest BCUT2D eigenvalue weighted by atomic mass is 10.0. The van der Waals surface area contributed by atoms with Gasteiger partial charge in [-0.15, -0.1) is 0 Å². The minimum Gasteiger partial charge on any atom is -0.316 e. The molecule has 100 valence electrons. The van der Waals surface area contributed by atoms with Gasteiger partial charge in [0.25, 0.3) is 0 Å². The average Bonchev–Trinajstić information content (AvgIpc) is 2.84. The summed E-state index contributed by atoms with van der Waals surface area (Å²) in [5, 5.41) is 5.00. The summed E-state index contributed by atoms with van der Waals surface area (Å²) in [6, 6.07) is 5.74. The lowest BCUT2D eigenvalue weighted by Crippen LogP contribution is -2.20. The highest BCUT2D eigenvalue weighted by Gasteiger charge is 2.13. The molecule has 0 unspecified atom stereocenters. The number of hydrogen-bond donors (Lipinski definition) is 1. The molecule has 0 spiro atoms. The van der Waals surface area contributed by atoms with Gasteiger partial charge in [-0.05, 0) is 49.5 Å². The van der Waals surface area contributed by atoms with Crippen molar-refractivity contribution in [1.82, 2.24) is 5.32 Å². The van der Waals surface area contributed by atoms with Crippen LogP contribution in [0, 0.1) is 5.92 Å². The lowest BCUT2D eigenvalue weighted by Gasteiger charge is -2.10. The van der Waals surface area contributed by atoms with Crippen LogP contribution < -0.4 is 5.32 Å². The Labute approximate surface area is 120 Å². The summed E-state index contributed by atoms with van der Waals surface area (Å²) in [6.07, 6.45) is 8.04. The summed E-state index contributed by atoms with van der Waals surface area (Å²) in [5.41, 5.74) is 1.18. The molecule has 2 rings (SSSR count). The van der Waals surface area contributed by atoms with Gasteiger partial charge in [0.15, 0.2) is 0 Å². The van der Waals surface area contributed by atoms with Crippen LogP contribution in [-0.4, -0.2) is 13.1 Å². The van der Waals surface area contributed by atoms with Crippen molar-refractivity contribution in [3.63, 3.8) is 0 Å². The van der Waals surface area contributed by atoms with Crippen LogP contribution >= 0.6 is 23.2 Å². The van der Waals surface area contributed by atoms with E-state index in [9.17, 15) is 0 Å². The Morgan fingerprint density at radius 1 is 1.11 bits per heavy atom. The number of benzene rings is 1. The minimum absolute atomic E-state index is 0.706. The molecule has 0 saturated heterocycles. The molecule has 0 aliphatic heterocycles. The zero-order valence-electron chi connectivity index (χ0n) is 10.7. The average molecular weight is 286 g/mol. The molecule has 1 fully saturated rings. The first-order valence-electron chi connectivity index (χ1n) is 6.90. The van der Waals surface area contributed by atoms with Crippen LogP contribution in [0.15, 0.2) is 18.2 Å². The standard InChI is InChI=1S/C15H21Cl2N/c16-14-6-5-13(15(17)11-14)8-10-18-9-7-12-3-1-2-4-12/h5-6,11-12,18H,1-4,7-10H2. The van der Waals surface area contributed by atoms with Gasteiger partial charge in [-0.25, -0.2) is 0 Å². The smallest absolute Gasteiger partial charge is 0.0453 e. The molecule has 1 N–H and O–H groups in total. The van der Waals surface area contributed by atoms with E-state index in [0.29, 0.717) is 5.02 Å². The Kier molecular flexibility index (Phi) is 5.81. The molecule has 1 saturated carbocycles. The summed E-state index contributed by atoms with van der Waals surface area (Å²) >= 11 is 12.0. The monoisotopic (exact) mass is 285 g/mol. The summed E-state index contributed by atoms with van der Waals surface area (Å²) in [6.45, 7) is 2.13. The molecule has 1 aromatic carbocycles. The molecule has 1 nitrogen and oxygen atoms in total. The fraction of sp³-hybridized carbons (Fsp3) is 0.600. The molecule has 3 heteroatoms. The van der Waals surface area contributed by atoms with Gasteiger partial charge in [0, 0.05) is 10.0 Å². The van der Waals surface area contributed by atoms with Crippen LogP contribution in [0.1, 0.15) is 37.7 Å². The molecule has 0 bridgehead atoms. The van der Waals surface area contributed by atoms with Crippen LogP contribution in [0.2, 0.25) is 10.0 Å².